The summed E-state index contributed by atoms with van der Waals surface area (Å²) in [5.74, 6) is 0.468. The van der Waals surface area contributed by atoms with E-state index in [-0.39, 0.29) is 0 Å². The van der Waals surface area contributed by atoms with Crippen LogP contribution in [0.15, 0.2) is 30.3 Å². The maximum Gasteiger partial charge on any atom is 0.503 e. The molecule has 0 aliphatic carbocycles. The van der Waals surface area contributed by atoms with Crippen LogP contribution in [0, 0.1) is 0 Å². The first-order valence-electron chi connectivity index (χ1n) is 3.46. The van der Waals surface area contributed by atoms with Gasteiger partial charge in [0.05, 0.1) is 0 Å². The highest BCUT2D eigenvalue weighted by molar-refractivity contribution is 5.67. The summed E-state index contributed by atoms with van der Waals surface area (Å²) in [6.07, 6.45) is -2.62. The summed E-state index contributed by atoms with van der Waals surface area (Å²) in [4.78, 5) is 18.7. The number of para-hydroxylation sites is 1. The topological polar surface area (TPSA) is 110 Å². The van der Waals surface area contributed by atoms with Gasteiger partial charge in [-0.15, -0.1) is 0 Å². The molecule has 76 valence electrons. The van der Waals surface area contributed by atoms with Crippen molar-refractivity contribution in [3.05, 3.63) is 30.3 Å². The fourth-order valence-corrected chi connectivity index (χ4v) is 0.605. The molecule has 6 nitrogen and oxygen atoms in total. The summed E-state index contributed by atoms with van der Waals surface area (Å²) < 4.78 is 4.55. The molecule has 14 heavy (non-hydrogen) atoms. The van der Waals surface area contributed by atoms with Gasteiger partial charge in [-0.2, -0.15) is 0 Å². The number of ether oxygens (including phenoxy) is 1. The predicted molar refractivity (Wildman–Crippen MR) is 47.3 cm³/mol. The fraction of sp³-hybridized carbons (Fsp3) is 0. The first-order valence-corrected chi connectivity index (χ1v) is 3.46. The van der Waals surface area contributed by atoms with Crippen LogP contribution >= 0.6 is 0 Å². The van der Waals surface area contributed by atoms with Gasteiger partial charge < -0.3 is 20.7 Å². The van der Waals surface area contributed by atoms with Crippen molar-refractivity contribution in [2.24, 2.45) is 5.73 Å². The monoisotopic (exact) mass is 199 g/mol. The van der Waals surface area contributed by atoms with Gasteiger partial charge in [0.25, 0.3) is 0 Å². The predicted octanol–water partition coefficient (Wildman–Crippen LogP) is 1.37. The largest absolute Gasteiger partial charge is 0.503 e. The number of nitrogens with two attached hydrogens (primary N) is 1. The lowest BCUT2D eigenvalue weighted by molar-refractivity contribution is 0.137. The van der Waals surface area contributed by atoms with Crippen LogP contribution in [0.3, 0.4) is 0 Å². The zero-order valence-corrected chi connectivity index (χ0v) is 7.08. The Hall–Kier alpha value is -2.24. The van der Waals surface area contributed by atoms with Crippen LogP contribution in [-0.2, 0) is 0 Å². The normalized spacial score (nSPS) is 8.00. The lowest BCUT2D eigenvalue weighted by Gasteiger charge is -1.96. The Kier molecular flexibility index (Phi) is 5.29. The highest BCUT2D eigenvalue weighted by atomic mass is 16.6. The van der Waals surface area contributed by atoms with Crippen LogP contribution in [-0.4, -0.2) is 22.5 Å². The Morgan fingerprint density at radius 2 is 1.57 bits per heavy atom. The van der Waals surface area contributed by atoms with E-state index in [1.165, 1.54) is 0 Å². The highest BCUT2D eigenvalue weighted by Gasteiger charge is 1.93. The number of primary amides is 1. The molecule has 0 fully saturated rings. The third-order valence-electron chi connectivity index (χ3n) is 0.962. The van der Waals surface area contributed by atoms with Gasteiger partial charge in [0, 0.05) is 0 Å². The molecular formula is C8H9NO5. The summed E-state index contributed by atoms with van der Waals surface area (Å²) in [6, 6.07) is 8.67. The summed E-state index contributed by atoms with van der Waals surface area (Å²) >= 11 is 0. The van der Waals surface area contributed by atoms with Crippen molar-refractivity contribution in [2.75, 3.05) is 0 Å². The Balaban J connectivity index is 0.000000364. The molecule has 1 rings (SSSR count). The molecule has 0 aromatic heterocycles. The van der Waals surface area contributed by atoms with Crippen LogP contribution in [0.25, 0.3) is 0 Å². The number of hydrogen-bond acceptors (Lipinski definition) is 3. The highest BCUT2D eigenvalue weighted by Crippen LogP contribution is 2.07. The first kappa shape index (κ1) is 11.8. The van der Waals surface area contributed by atoms with E-state index >= 15 is 0 Å². The van der Waals surface area contributed by atoms with Crippen molar-refractivity contribution in [1.29, 1.82) is 0 Å². The summed E-state index contributed by atoms with van der Waals surface area (Å²) in [7, 11) is 0. The van der Waals surface area contributed by atoms with Crippen LogP contribution in [0.5, 0.6) is 5.75 Å². The van der Waals surface area contributed by atoms with Gasteiger partial charge in [0.15, 0.2) is 0 Å². The minimum absolute atomic E-state index is 0.468. The van der Waals surface area contributed by atoms with Crippen molar-refractivity contribution in [3.63, 3.8) is 0 Å². The van der Waals surface area contributed by atoms with Crippen molar-refractivity contribution < 1.29 is 24.5 Å². The maximum atomic E-state index is 10.2. The molecule has 1 aromatic carbocycles. The second kappa shape index (κ2) is 6.30. The number of benzene rings is 1. The number of carboxylic acid groups (broad SMARTS) is 2. The zero-order chi connectivity index (χ0) is 11.0. The number of amides is 1. The smallest absolute Gasteiger partial charge is 0.450 e. The van der Waals surface area contributed by atoms with E-state index in [9.17, 15) is 4.79 Å². The van der Waals surface area contributed by atoms with Crippen molar-refractivity contribution in [1.82, 2.24) is 0 Å². The van der Waals surface area contributed by atoms with Crippen LogP contribution in [0.4, 0.5) is 9.59 Å². The van der Waals surface area contributed by atoms with E-state index in [2.05, 4.69) is 4.74 Å². The molecule has 6 heteroatoms. The van der Waals surface area contributed by atoms with Gasteiger partial charge in [-0.25, -0.2) is 9.59 Å². The Morgan fingerprint density at radius 3 is 1.93 bits per heavy atom. The third kappa shape index (κ3) is 7.86. The molecule has 0 spiro atoms. The molecule has 0 saturated heterocycles. The molecule has 0 radical (unpaired) electrons. The van der Waals surface area contributed by atoms with Gasteiger partial charge in [-0.3, -0.25) is 0 Å². The van der Waals surface area contributed by atoms with E-state index in [1.54, 1.807) is 24.3 Å². The number of rotatable bonds is 1. The summed E-state index contributed by atoms with van der Waals surface area (Å²) in [6.45, 7) is 0. The minimum Gasteiger partial charge on any atom is -0.450 e. The third-order valence-corrected chi connectivity index (χ3v) is 0.962. The van der Waals surface area contributed by atoms with Gasteiger partial charge in [0.2, 0.25) is 0 Å². The average molecular weight is 199 g/mol. The van der Waals surface area contributed by atoms with Crippen molar-refractivity contribution in [2.45, 2.75) is 0 Å². The van der Waals surface area contributed by atoms with Crippen molar-refractivity contribution >= 4 is 12.2 Å². The van der Waals surface area contributed by atoms with Gasteiger partial charge in [0.1, 0.15) is 5.75 Å². The SMILES string of the molecule is NC(=O)Oc1ccccc1.O=C(O)O. The molecule has 0 atom stereocenters. The van der Waals surface area contributed by atoms with E-state index in [4.69, 9.17) is 20.7 Å². The van der Waals surface area contributed by atoms with Crippen LogP contribution in [0.2, 0.25) is 0 Å². The molecule has 0 aliphatic rings. The molecule has 1 aromatic rings. The van der Waals surface area contributed by atoms with E-state index in [0.29, 0.717) is 5.75 Å². The maximum absolute atomic E-state index is 10.2. The number of hydrogen-bond donors (Lipinski definition) is 3. The Labute approximate surface area is 79.5 Å². The fourth-order valence-electron chi connectivity index (χ4n) is 0.605. The Bertz CT molecular complexity index is 294. The molecule has 0 heterocycles. The second-order valence-corrected chi connectivity index (χ2v) is 2.02. The summed E-state index contributed by atoms with van der Waals surface area (Å²) in [5, 5.41) is 13.9. The molecule has 0 unspecified atom stereocenters. The number of carbonyl (C=O) groups excluding carboxylic acids is 1. The van der Waals surface area contributed by atoms with Gasteiger partial charge in [-0.05, 0) is 12.1 Å². The number of carbonyl (C=O) groups is 2. The first-order chi connectivity index (χ1) is 6.52. The molecule has 0 saturated carbocycles. The lowest BCUT2D eigenvalue weighted by atomic mass is 10.3. The quantitative estimate of drug-likeness (QED) is 0.632. The molecule has 0 bridgehead atoms. The average Bonchev–Trinajstić information content (AvgIpc) is 2.03. The summed E-state index contributed by atoms with van der Waals surface area (Å²) in [5.41, 5.74) is 4.76. The molecule has 4 N–H and O–H groups in total. The second-order valence-electron chi connectivity index (χ2n) is 2.02. The minimum atomic E-state index is -1.83. The molecule has 0 aliphatic heterocycles. The zero-order valence-electron chi connectivity index (χ0n) is 7.08. The van der Waals surface area contributed by atoms with E-state index < -0.39 is 12.2 Å². The van der Waals surface area contributed by atoms with Crippen molar-refractivity contribution in [3.8, 4) is 5.75 Å². The van der Waals surface area contributed by atoms with Crippen LogP contribution < -0.4 is 10.5 Å². The Morgan fingerprint density at radius 1 is 1.14 bits per heavy atom. The standard InChI is InChI=1S/C7H7NO2.CH2O3/c8-7(9)10-6-4-2-1-3-5-6;2-1(3)4/h1-5H,(H2,8,9);(H2,2,3,4). The molecule has 1 amide bonds. The van der Waals surface area contributed by atoms with Crippen LogP contribution in [0.1, 0.15) is 0 Å². The van der Waals surface area contributed by atoms with Gasteiger partial charge in [-0.1, -0.05) is 18.2 Å². The van der Waals surface area contributed by atoms with Gasteiger partial charge >= 0.3 is 12.2 Å². The van der Waals surface area contributed by atoms with E-state index in [1.807, 2.05) is 6.07 Å². The van der Waals surface area contributed by atoms with E-state index in [0.717, 1.165) is 0 Å². The lowest BCUT2D eigenvalue weighted by Crippen LogP contribution is -2.15. The molecular weight excluding hydrogens is 190 g/mol.